The first-order valence-corrected chi connectivity index (χ1v) is 8.03. The van der Waals surface area contributed by atoms with Gasteiger partial charge >= 0.3 is 5.97 Å². The Balaban J connectivity index is 2.05. The van der Waals surface area contributed by atoms with Gasteiger partial charge in [0.1, 0.15) is 17.9 Å². The summed E-state index contributed by atoms with van der Waals surface area (Å²) in [7, 11) is 3.62. The number of hydrogen-bond acceptors (Lipinski definition) is 3. The van der Waals surface area contributed by atoms with Crippen molar-refractivity contribution in [2.45, 2.75) is 19.9 Å². The summed E-state index contributed by atoms with van der Waals surface area (Å²) in [5.74, 6) is -0.208. The largest absolute Gasteiger partial charge is 0.469 e. The third-order valence-electron chi connectivity index (χ3n) is 4.97. The van der Waals surface area contributed by atoms with Crippen LogP contribution in [0.1, 0.15) is 24.5 Å². The second kappa shape index (κ2) is 6.13. The van der Waals surface area contributed by atoms with Crippen LogP contribution < -0.4 is 10.2 Å². The number of fused-ring (bicyclic) bond motifs is 1. The minimum Gasteiger partial charge on any atom is -0.469 e. The Kier molecular flexibility index (Phi) is 4.16. The molecule has 24 heavy (non-hydrogen) atoms. The number of ether oxygens (including phenoxy) is 1. The molecule has 0 fully saturated rings. The molecule has 1 unspecified atom stereocenters. The van der Waals surface area contributed by atoms with E-state index >= 15 is 0 Å². The van der Waals surface area contributed by atoms with E-state index in [1.807, 2.05) is 24.3 Å². The monoisotopic (exact) mass is 323 g/mol. The van der Waals surface area contributed by atoms with Crippen LogP contribution in [-0.4, -0.2) is 20.1 Å². The summed E-state index contributed by atoms with van der Waals surface area (Å²) < 4.78 is 5.54. The summed E-state index contributed by atoms with van der Waals surface area (Å²) in [4.78, 5) is 11.9. The van der Waals surface area contributed by atoms with E-state index in [9.17, 15) is 4.79 Å². The molecule has 0 aromatic heterocycles. The van der Waals surface area contributed by atoms with Gasteiger partial charge in [-0.05, 0) is 18.2 Å². The first-order valence-electron chi connectivity index (χ1n) is 8.03. The number of esters is 1. The molecule has 2 aromatic rings. The highest BCUT2D eigenvalue weighted by atomic mass is 16.5. The highest BCUT2D eigenvalue weighted by molar-refractivity contribution is 5.93. The van der Waals surface area contributed by atoms with Crippen molar-refractivity contribution in [3.63, 3.8) is 0 Å². The Bertz CT molecular complexity index is 809. The SMILES string of the molecule is COC(=O)CC1=C(C)[N+](C)(Cc2ccc(N)cc2)c2ccccc21. The molecule has 1 heterocycles. The lowest BCUT2D eigenvalue weighted by Gasteiger charge is -2.31. The van der Waals surface area contributed by atoms with Crippen molar-refractivity contribution in [2.24, 2.45) is 0 Å². The number of benzene rings is 2. The zero-order valence-electron chi connectivity index (χ0n) is 14.4. The van der Waals surface area contributed by atoms with Crippen molar-refractivity contribution >= 4 is 22.9 Å². The molecule has 3 rings (SSSR count). The highest BCUT2D eigenvalue weighted by Gasteiger charge is 2.40. The van der Waals surface area contributed by atoms with Crippen LogP contribution in [0.15, 0.2) is 54.2 Å². The van der Waals surface area contributed by atoms with Crippen molar-refractivity contribution in [3.8, 4) is 0 Å². The summed E-state index contributed by atoms with van der Waals surface area (Å²) in [5.41, 5.74) is 12.4. The van der Waals surface area contributed by atoms with Gasteiger partial charge in [-0.25, -0.2) is 0 Å². The maximum atomic E-state index is 11.9. The summed E-state index contributed by atoms with van der Waals surface area (Å²) >= 11 is 0. The maximum absolute atomic E-state index is 11.9. The third-order valence-corrected chi connectivity index (χ3v) is 4.97. The topological polar surface area (TPSA) is 52.3 Å². The Labute approximate surface area is 142 Å². The molecule has 0 aliphatic carbocycles. The Hall–Kier alpha value is -2.59. The molecule has 0 bridgehead atoms. The standard InChI is InChI=1S/C20H23N2O2/c1-14-18(12-20(23)24-3)17-6-4-5-7-19(17)22(14,2)13-15-8-10-16(21)11-9-15/h4-11H,12-13,21H2,1-3H3/q+1. The van der Waals surface area contributed by atoms with Crippen LogP contribution >= 0.6 is 0 Å². The molecule has 2 N–H and O–H groups in total. The number of rotatable bonds is 4. The molecule has 0 radical (unpaired) electrons. The second-order valence-electron chi connectivity index (χ2n) is 6.43. The molecule has 0 saturated carbocycles. The van der Waals surface area contributed by atoms with E-state index in [0.717, 1.165) is 23.4 Å². The summed E-state index contributed by atoms with van der Waals surface area (Å²) in [6.45, 7) is 2.92. The summed E-state index contributed by atoms with van der Waals surface area (Å²) in [6.07, 6.45) is 0.301. The number of anilines is 1. The minimum absolute atomic E-state index is 0.208. The number of nitrogen functional groups attached to an aromatic ring is 1. The van der Waals surface area contributed by atoms with Crippen molar-refractivity contribution in [1.29, 1.82) is 0 Å². The number of quaternary nitrogens is 1. The lowest BCUT2D eigenvalue weighted by Crippen LogP contribution is -2.40. The van der Waals surface area contributed by atoms with Crippen molar-refractivity contribution in [3.05, 3.63) is 65.4 Å². The van der Waals surface area contributed by atoms with Crippen LogP contribution in [0.5, 0.6) is 0 Å². The van der Waals surface area contributed by atoms with Crippen molar-refractivity contribution in [1.82, 2.24) is 4.48 Å². The predicted octanol–water partition coefficient (Wildman–Crippen LogP) is 3.71. The lowest BCUT2D eigenvalue weighted by molar-refractivity contribution is -0.139. The number of carbonyl (C=O) groups is 1. The third kappa shape index (κ3) is 2.69. The molecule has 0 amide bonds. The molecule has 4 heteroatoms. The van der Waals surface area contributed by atoms with E-state index in [1.165, 1.54) is 24.1 Å². The average Bonchev–Trinajstić information content (AvgIpc) is 2.79. The Morgan fingerprint density at radius 1 is 1.12 bits per heavy atom. The van der Waals surface area contributed by atoms with E-state index in [4.69, 9.17) is 10.5 Å². The molecular formula is C20H23N2O2+. The molecule has 0 spiro atoms. The fraction of sp³-hybridized carbons (Fsp3) is 0.250. The first kappa shape index (κ1) is 16.3. The van der Waals surface area contributed by atoms with E-state index in [2.05, 4.69) is 38.2 Å². The van der Waals surface area contributed by atoms with Crippen LogP contribution in [0.3, 0.4) is 0 Å². The van der Waals surface area contributed by atoms with Gasteiger partial charge in [0.2, 0.25) is 0 Å². The molecule has 2 aromatic carbocycles. The molecule has 1 aliphatic heterocycles. The number of carbonyl (C=O) groups excluding carboxylic acids is 1. The van der Waals surface area contributed by atoms with E-state index in [1.54, 1.807) is 0 Å². The van der Waals surface area contributed by atoms with Crippen LogP contribution in [0, 0.1) is 0 Å². The van der Waals surface area contributed by atoms with Gasteiger partial charge in [-0.2, -0.15) is 0 Å². The van der Waals surface area contributed by atoms with Gasteiger partial charge in [-0.1, -0.05) is 24.3 Å². The Morgan fingerprint density at radius 3 is 2.46 bits per heavy atom. The van der Waals surface area contributed by atoms with Crippen molar-refractivity contribution < 1.29 is 9.53 Å². The molecule has 1 atom stereocenters. The van der Waals surface area contributed by atoms with Gasteiger partial charge in [0.25, 0.3) is 0 Å². The number of nitrogens with two attached hydrogens (primary N) is 1. The quantitative estimate of drug-likeness (QED) is 0.530. The normalized spacial score (nSPS) is 19.3. The molecule has 0 saturated heterocycles. The van der Waals surface area contributed by atoms with Gasteiger partial charge in [-0.3, -0.25) is 9.28 Å². The second-order valence-corrected chi connectivity index (χ2v) is 6.43. The number of allylic oxidation sites excluding steroid dienone is 1. The van der Waals surface area contributed by atoms with E-state index in [0.29, 0.717) is 10.9 Å². The molecule has 124 valence electrons. The maximum Gasteiger partial charge on any atom is 0.310 e. The van der Waals surface area contributed by atoms with Gasteiger partial charge in [0, 0.05) is 35.4 Å². The Morgan fingerprint density at radius 2 is 1.79 bits per heavy atom. The van der Waals surface area contributed by atoms with Gasteiger partial charge in [0.15, 0.2) is 0 Å². The highest BCUT2D eigenvalue weighted by Crippen LogP contribution is 2.46. The van der Waals surface area contributed by atoms with Crippen LogP contribution in [-0.2, 0) is 16.1 Å². The van der Waals surface area contributed by atoms with Gasteiger partial charge in [0.05, 0.1) is 20.6 Å². The molecule has 4 nitrogen and oxygen atoms in total. The average molecular weight is 323 g/mol. The van der Waals surface area contributed by atoms with Gasteiger partial charge in [-0.15, -0.1) is 0 Å². The van der Waals surface area contributed by atoms with Crippen molar-refractivity contribution in [2.75, 3.05) is 19.9 Å². The first-order chi connectivity index (χ1) is 11.5. The van der Waals surface area contributed by atoms with Crippen LogP contribution in [0.2, 0.25) is 0 Å². The number of nitrogens with zero attached hydrogens (tertiary/aromatic N) is 1. The predicted molar refractivity (Wildman–Crippen MR) is 97.9 cm³/mol. The zero-order valence-corrected chi connectivity index (χ0v) is 14.4. The van der Waals surface area contributed by atoms with Crippen LogP contribution in [0.25, 0.3) is 5.57 Å². The zero-order chi connectivity index (χ0) is 17.3. The number of hydrogen-bond donors (Lipinski definition) is 1. The fourth-order valence-electron chi connectivity index (χ4n) is 3.46. The van der Waals surface area contributed by atoms with E-state index < -0.39 is 0 Å². The molecule has 1 aliphatic rings. The van der Waals surface area contributed by atoms with E-state index in [-0.39, 0.29) is 5.97 Å². The number of para-hydroxylation sites is 1. The van der Waals surface area contributed by atoms with Crippen LogP contribution in [0.4, 0.5) is 11.4 Å². The molecular weight excluding hydrogens is 300 g/mol. The lowest BCUT2D eigenvalue weighted by atomic mass is 10.0. The summed E-state index contributed by atoms with van der Waals surface area (Å²) in [6, 6.07) is 16.3. The summed E-state index contributed by atoms with van der Waals surface area (Å²) in [5, 5.41) is 0. The number of methoxy groups -OCH3 is 1. The smallest absolute Gasteiger partial charge is 0.310 e. The minimum atomic E-state index is -0.208. The fourth-order valence-corrected chi connectivity index (χ4v) is 3.46. The van der Waals surface area contributed by atoms with Gasteiger partial charge < -0.3 is 10.5 Å².